The van der Waals surface area contributed by atoms with Crippen molar-refractivity contribution >= 4 is 57.4 Å². The minimum atomic E-state index is 0.465. The van der Waals surface area contributed by atoms with Crippen LogP contribution in [0.5, 0.6) is 0 Å². The zero-order chi connectivity index (χ0) is 20.6. The summed E-state index contributed by atoms with van der Waals surface area (Å²) >= 11 is 10.7. The molecular weight excluding hydrogens is 398 g/mol. The summed E-state index contributed by atoms with van der Waals surface area (Å²) in [7, 11) is 0. The Bertz CT molecular complexity index is 1040. The molecule has 3 aromatic carbocycles. The number of anilines is 4. The summed E-state index contributed by atoms with van der Waals surface area (Å²) in [5.41, 5.74) is 5.26. The molecule has 29 heavy (non-hydrogen) atoms. The largest absolute Gasteiger partial charge is 0.332 e. The van der Waals surface area contributed by atoms with Gasteiger partial charge in [0.15, 0.2) is 10.2 Å². The Morgan fingerprint density at radius 3 is 1.28 bits per heavy atom. The third kappa shape index (κ3) is 6.28. The lowest BCUT2D eigenvalue weighted by molar-refractivity contribution is 1.47. The topological polar surface area (TPSA) is 71.9 Å². The number of thiocarbonyl (C=S) groups is 2. The van der Waals surface area contributed by atoms with Crippen molar-refractivity contribution in [2.24, 2.45) is 0 Å². The Balaban J connectivity index is 1.51. The van der Waals surface area contributed by atoms with Gasteiger partial charge in [0.25, 0.3) is 0 Å². The molecule has 0 aromatic heterocycles. The number of nitrogens with zero attached hydrogens (tertiary/aromatic N) is 1. The highest BCUT2D eigenvalue weighted by Crippen LogP contribution is 2.16. The lowest BCUT2D eigenvalue weighted by Gasteiger charge is -2.13. The molecule has 0 aliphatic carbocycles. The first-order valence-electron chi connectivity index (χ1n) is 8.85. The lowest BCUT2D eigenvalue weighted by atomic mass is 10.2. The second kappa shape index (κ2) is 9.64. The van der Waals surface area contributed by atoms with Gasteiger partial charge in [0.2, 0.25) is 0 Å². The van der Waals surface area contributed by atoms with Crippen LogP contribution in [0, 0.1) is 18.3 Å². The normalized spacial score (nSPS) is 9.79. The van der Waals surface area contributed by atoms with Crippen molar-refractivity contribution in [1.82, 2.24) is 0 Å². The average molecular weight is 418 g/mol. The Morgan fingerprint density at radius 1 is 0.621 bits per heavy atom. The number of aryl methyl sites for hydroxylation is 1. The van der Waals surface area contributed by atoms with E-state index in [1.807, 2.05) is 67.6 Å². The Kier molecular flexibility index (Phi) is 6.74. The third-order valence-electron chi connectivity index (χ3n) is 3.98. The van der Waals surface area contributed by atoms with Crippen molar-refractivity contribution in [2.75, 3.05) is 21.3 Å². The van der Waals surface area contributed by atoms with Crippen LogP contribution in [0.2, 0.25) is 0 Å². The number of benzene rings is 3. The van der Waals surface area contributed by atoms with Crippen molar-refractivity contribution in [2.45, 2.75) is 6.92 Å². The van der Waals surface area contributed by atoms with Crippen molar-refractivity contribution in [3.05, 3.63) is 83.9 Å². The Morgan fingerprint density at radius 2 is 0.931 bits per heavy atom. The zero-order valence-electron chi connectivity index (χ0n) is 15.7. The van der Waals surface area contributed by atoms with Crippen LogP contribution < -0.4 is 21.3 Å². The van der Waals surface area contributed by atoms with Crippen LogP contribution in [-0.4, -0.2) is 10.2 Å². The molecule has 0 unspecified atom stereocenters. The van der Waals surface area contributed by atoms with E-state index in [0.717, 1.165) is 22.7 Å². The van der Waals surface area contributed by atoms with Gasteiger partial charge in [0, 0.05) is 22.7 Å². The monoisotopic (exact) mass is 417 g/mol. The molecule has 0 aliphatic heterocycles. The maximum Gasteiger partial charge on any atom is 0.175 e. The summed E-state index contributed by atoms with van der Waals surface area (Å²) < 4.78 is 0. The fourth-order valence-electron chi connectivity index (χ4n) is 2.49. The van der Waals surface area contributed by atoms with Crippen LogP contribution in [-0.2, 0) is 0 Å². The van der Waals surface area contributed by atoms with E-state index in [-0.39, 0.29) is 0 Å². The molecule has 0 fully saturated rings. The van der Waals surface area contributed by atoms with E-state index >= 15 is 0 Å². The lowest BCUT2D eigenvalue weighted by Crippen LogP contribution is -2.20. The minimum absolute atomic E-state index is 0.465. The summed E-state index contributed by atoms with van der Waals surface area (Å²) in [6, 6.07) is 24.8. The number of nitriles is 1. The predicted octanol–water partition coefficient (Wildman–Crippen LogP) is 5.48. The van der Waals surface area contributed by atoms with E-state index in [4.69, 9.17) is 29.7 Å². The Labute approximate surface area is 180 Å². The molecule has 0 saturated carbocycles. The maximum absolute atomic E-state index is 8.84. The number of hydrogen-bond donors (Lipinski definition) is 4. The van der Waals surface area contributed by atoms with Gasteiger partial charge in [-0.05, 0) is 92.0 Å². The van der Waals surface area contributed by atoms with Crippen LogP contribution in [0.25, 0.3) is 0 Å². The summed E-state index contributed by atoms with van der Waals surface area (Å²) in [5, 5.41) is 22.3. The molecule has 0 radical (unpaired) electrons. The van der Waals surface area contributed by atoms with Gasteiger partial charge in [-0.25, -0.2) is 0 Å². The first kappa shape index (κ1) is 20.3. The standard InChI is InChI=1S/C22H19N5S2/c1-15-2-6-17(7-3-15)24-21(28)26-19-10-12-20(13-11-19)27-22(29)25-18-8-4-16(14-23)5-9-18/h2-13H,1H3,(H2,24,26,28)(H2,25,27,29). The number of nitrogens with one attached hydrogen (secondary N) is 4. The van der Waals surface area contributed by atoms with Gasteiger partial charge < -0.3 is 21.3 Å². The second-order valence-electron chi connectivity index (χ2n) is 6.29. The molecule has 0 aliphatic rings. The van der Waals surface area contributed by atoms with Crippen LogP contribution in [0.15, 0.2) is 72.8 Å². The molecule has 0 bridgehead atoms. The van der Waals surface area contributed by atoms with Gasteiger partial charge in [-0.2, -0.15) is 5.26 Å². The molecule has 0 saturated heterocycles. The Hall–Kier alpha value is -3.47. The molecule has 3 aromatic rings. The van der Waals surface area contributed by atoms with Crippen LogP contribution in [0.3, 0.4) is 0 Å². The van der Waals surface area contributed by atoms with E-state index in [2.05, 4.69) is 27.3 Å². The smallest absolute Gasteiger partial charge is 0.175 e. The fourth-order valence-corrected chi connectivity index (χ4v) is 2.96. The molecule has 7 heteroatoms. The van der Waals surface area contributed by atoms with Gasteiger partial charge in [0.05, 0.1) is 11.6 Å². The van der Waals surface area contributed by atoms with E-state index < -0.39 is 0 Å². The highest BCUT2D eigenvalue weighted by molar-refractivity contribution is 7.81. The van der Waals surface area contributed by atoms with E-state index in [0.29, 0.717) is 15.8 Å². The SMILES string of the molecule is Cc1ccc(NC(=S)Nc2ccc(NC(=S)Nc3ccc(C#N)cc3)cc2)cc1. The zero-order valence-corrected chi connectivity index (χ0v) is 17.3. The summed E-state index contributed by atoms with van der Waals surface area (Å²) in [4.78, 5) is 0. The maximum atomic E-state index is 8.84. The summed E-state index contributed by atoms with van der Waals surface area (Å²) in [6.45, 7) is 2.04. The van der Waals surface area contributed by atoms with E-state index in [1.54, 1.807) is 12.1 Å². The molecular formula is C22H19N5S2. The first-order chi connectivity index (χ1) is 14.0. The average Bonchev–Trinajstić information content (AvgIpc) is 2.72. The van der Waals surface area contributed by atoms with Gasteiger partial charge in [-0.15, -0.1) is 0 Å². The van der Waals surface area contributed by atoms with Crippen LogP contribution >= 0.6 is 24.4 Å². The van der Waals surface area contributed by atoms with Gasteiger partial charge >= 0.3 is 0 Å². The second-order valence-corrected chi connectivity index (χ2v) is 7.11. The van der Waals surface area contributed by atoms with E-state index in [1.165, 1.54) is 5.56 Å². The number of rotatable bonds is 4. The summed E-state index contributed by atoms with van der Waals surface area (Å²) in [5.74, 6) is 0. The fraction of sp³-hybridized carbons (Fsp3) is 0.0455. The van der Waals surface area contributed by atoms with Crippen LogP contribution in [0.1, 0.15) is 11.1 Å². The first-order valence-corrected chi connectivity index (χ1v) is 9.66. The van der Waals surface area contributed by atoms with Crippen molar-refractivity contribution in [1.29, 1.82) is 5.26 Å². The van der Waals surface area contributed by atoms with Gasteiger partial charge in [0.1, 0.15) is 0 Å². The quantitative estimate of drug-likeness (QED) is 0.419. The van der Waals surface area contributed by atoms with Crippen molar-refractivity contribution in [3.63, 3.8) is 0 Å². The van der Waals surface area contributed by atoms with Crippen LogP contribution in [0.4, 0.5) is 22.7 Å². The van der Waals surface area contributed by atoms with Gasteiger partial charge in [-0.1, -0.05) is 17.7 Å². The third-order valence-corrected chi connectivity index (χ3v) is 4.39. The molecule has 3 rings (SSSR count). The molecule has 4 N–H and O–H groups in total. The van der Waals surface area contributed by atoms with Crippen molar-refractivity contribution < 1.29 is 0 Å². The molecule has 0 heterocycles. The van der Waals surface area contributed by atoms with Gasteiger partial charge in [-0.3, -0.25) is 0 Å². The predicted molar refractivity (Wildman–Crippen MR) is 128 cm³/mol. The summed E-state index contributed by atoms with van der Waals surface area (Å²) in [6.07, 6.45) is 0. The molecule has 0 spiro atoms. The highest BCUT2D eigenvalue weighted by Gasteiger charge is 2.02. The molecule has 5 nitrogen and oxygen atoms in total. The highest BCUT2D eigenvalue weighted by atomic mass is 32.1. The van der Waals surface area contributed by atoms with Crippen molar-refractivity contribution in [3.8, 4) is 6.07 Å². The molecule has 0 atom stereocenters. The van der Waals surface area contributed by atoms with E-state index in [9.17, 15) is 0 Å². The number of hydrogen-bond acceptors (Lipinski definition) is 3. The minimum Gasteiger partial charge on any atom is -0.332 e. The molecule has 144 valence electrons. The molecule has 0 amide bonds.